The molecule has 10 heteroatoms. The number of allylic oxidation sites excluding steroid dienone is 1. The Balaban J connectivity index is 1.75. The minimum Gasteiger partial charge on any atom is -0.490 e. The number of carbonyl (C=O) groups is 3. The normalized spacial score (nSPS) is 15.6. The van der Waals surface area contributed by atoms with Gasteiger partial charge in [0.1, 0.15) is 11.6 Å². The van der Waals surface area contributed by atoms with E-state index in [9.17, 15) is 14.4 Å². The van der Waals surface area contributed by atoms with Crippen LogP contribution in [-0.2, 0) is 16.0 Å². The topological polar surface area (TPSA) is 127 Å². The van der Waals surface area contributed by atoms with Crippen molar-refractivity contribution in [2.75, 3.05) is 24.9 Å². The number of amides is 4. The number of barbiturate groups is 1. The first kappa shape index (κ1) is 23.4. The minimum absolute atomic E-state index is 0.0336. The molecule has 1 fully saturated rings. The van der Waals surface area contributed by atoms with Gasteiger partial charge >= 0.3 is 6.03 Å². The van der Waals surface area contributed by atoms with Gasteiger partial charge in [-0.3, -0.25) is 14.9 Å². The third-order valence-corrected chi connectivity index (χ3v) is 5.13. The van der Waals surface area contributed by atoms with E-state index in [-0.39, 0.29) is 24.7 Å². The third-order valence-electron chi connectivity index (χ3n) is 5.13. The summed E-state index contributed by atoms with van der Waals surface area (Å²) in [6.45, 7) is 5.70. The summed E-state index contributed by atoms with van der Waals surface area (Å²) >= 11 is 0. The first-order valence-corrected chi connectivity index (χ1v) is 10.7. The number of imide groups is 2. The Kier molecular flexibility index (Phi) is 6.69. The van der Waals surface area contributed by atoms with Gasteiger partial charge in [-0.05, 0) is 49.2 Å². The Morgan fingerprint density at radius 2 is 1.97 bits per heavy atom. The van der Waals surface area contributed by atoms with E-state index in [1.807, 2.05) is 6.07 Å². The molecule has 178 valence electrons. The summed E-state index contributed by atoms with van der Waals surface area (Å²) in [6.07, 6.45) is 3.41. The van der Waals surface area contributed by atoms with Gasteiger partial charge in [-0.1, -0.05) is 6.08 Å². The molecule has 1 N–H and O–H groups in total. The maximum absolute atomic E-state index is 13.3. The number of hydrogen-bond donors (Lipinski definition) is 1. The van der Waals surface area contributed by atoms with Crippen LogP contribution in [0.1, 0.15) is 18.1 Å². The standard InChI is InChI=1S/C25H21N3O7/c1-3-5-16-10-15(12-21(32-4-2)22(16)33-9-8-26)11-18-23(29)27-25(31)28(24(18)30)17-6-7-19-20(13-17)35-14-34-19/h3,6-7,10-13H,1,4-5,9,14H2,2H3,(H,27,29,31)/b18-11+. The summed E-state index contributed by atoms with van der Waals surface area (Å²) in [4.78, 5) is 39.3. The Labute approximate surface area is 200 Å². The van der Waals surface area contributed by atoms with Crippen LogP contribution in [0, 0.1) is 11.3 Å². The van der Waals surface area contributed by atoms with Crippen molar-refractivity contribution in [3.05, 3.63) is 59.7 Å². The summed E-state index contributed by atoms with van der Waals surface area (Å²) in [5.74, 6) is -0.0275. The van der Waals surface area contributed by atoms with E-state index in [2.05, 4.69) is 11.9 Å². The number of anilines is 1. The lowest BCUT2D eigenvalue weighted by atomic mass is 10.0. The summed E-state index contributed by atoms with van der Waals surface area (Å²) < 4.78 is 21.8. The van der Waals surface area contributed by atoms with Gasteiger partial charge in [-0.15, -0.1) is 6.58 Å². The summed E-state index contributed by atoms with van der Waals surface area (Å²) in [5, 5.41) is 11.1. The molecule has 35 heavy (non-hydrogen) atoms. The lowest BCUT2D eigenvalue weighted by molar-refractivity contribution is -0.122. The Bertz CT molecular complexity index is 1290. The van der Waals surface area contributed by atoms with Gasteiger partial charge in [-0.25, -0.2) is 9.69 Å². The van der Waals surface area contributed by atoms with Crippen LogP contribution in [0.5, 0.6) is 23.0 Å². The van der Waals surface area contributed by atoms with Crippen LogP contribution in [-0.4, -0.2) is 37.9 Å². The monoisotopic (exact) mass is 475 g/mol. The first-order valence-electron chi connectivity index (χ1n) is 10.7. The fourth-order valence-electron chi connectivity index (χ4n) is 3.69. The zero-order valence-electron chi connectivity index (χ0n) is 18.8. The molecule has 10 nitrogen and oxygen atoms in total. The highest BCUT2D eigenvalue weighted by Crippen LogP contribution is 2.37. The van der Waals surface area contributed by atoms with Crippen molar-refractivity contribution in [3.8, 4) is 29.1 Å². The van der Waals surface area contributed by atoms with Crippen molar-refractivity contribution in [1.29, 1.82) is 5.26 Å². The zero-order valence-corrected chi connectivity index (χ0v) is 18.8. The predicted octanol–water partition coefficient (Wildman–Crippen LogP) is 3.11. The summed E-state index contributed by atoms with van der Waals surface area (Å²) in [7, 11) is 0. The van der Waals surface area contributed by atoms with E-state index < -0.39 is 17.8 Å². The maximum Gasteiger partial charge on any atom is 0.335 e. The van der Waals surface area contributed by atoms with Gasteiger partial charge in [0, 0.05) is 11.6 Å². The second-order valence-corrected chi connectivity index (χ2v) is 7.38. The lowest BCUT2D eigenvalue weighted by Gasteiger charge is -2.26. The second kappa shape index (κ2) is 10.0. The highest BCUT2D eigenvalue weighted by atomic mass is 16.7. The van der Waals surface area contributed by atoms with Gasteiger partial charge in [0.05, 0.1) is 12.3 Å². The van der Waals surface area contributed by atoms with Crippen molar-refractivity contribution < 1.29 is 33.3 Å². The van der Waals surface area contributed by atoms with Crippen molar-refractivity contribution in [3.63, 3.8) is 0 Å². The van der Waals surface area contributed by atoms with Crippen LogP contribution in [0.2, 0.25) is 0 Å². The van der Waals surface area contributed by atoms with E-state index in [0.29, 0.717) is 47.2 Å². The van der Waals surface area contributed by atoms with Gasteiger partial charge in [0.25, 0.3) is 11.8 Å². The van der Waals surface area contributed by atoms with Crippen LogP contribution in [0.15, 0.2) is 48.6 Å². The van der Waals surface area contributed by atoms with Crippen molar-refractivity contribution in [1.82, 2.24) is 5.32 Å². The number of ether oxygens (including phenoxy) is 4. The molecule has 4 rings (SSSR count). The van der Waals surface area contributed by atoms with Crippen molar-refractivity contribution in [2.24, 2.45) is 0 Å². The van der Waals surface area contributed by atoms with Crippen LogP contribution in [0.3, 0.4) is 0 Å². The highest BCUT2D eigenvalue weighted by molar-refractivity contribution is 6.39. The Hall–Kier alpha value is -4.78. The number of rotatable bonds is 8. The highest BCUT2D eigenvalue weighted by Gasteiger charge is 2.37. The molecule has 2 heterocycles. The third kappa shape index (κ3) is 4.65. The number of benzene rings is 2. The number of nitrogens with one attached hydrogen (secondary N) is 1. The van der Waals surface area contributed by atoms with Crippen molar-refractivity contribution in [2.45, 2.75) is 13.3 Å². The molecule has 2 aliphatic rings. The van der Waals surface area contributed by atoms with Crippen LogP contribution in [0.25, 0.3) is 6.08 Å². The molecule has 0 radical (unpaired) electrons. The number of nitrogens with zero attached hydrogens (tertiary/aromatic N) is 2. The number of carbonyl (C=O) groups excluding carboxylic acids is 3. The Morgan fingerprint density at radius 1 is 1.17 bits per heavy atom. The van der Waals surface area contributed by atoms with Crippen molar-refractivity contribution >= 4 is 29.6 Å². The van der Waals surface area contributed by atoms with E-state index in [4.69, 9.17) is 24.2 Å². The molecule has 0 aliphatic carbocycles. The average Bonchev–Trinajstić information content (AvgIpc) is 3.30. The molecule has 0 spiro atoms. The summed E-state index contributed by atoms with van der Waals surface area (Å²) in [5.41, 5.74) is 1.09. The van der Waals surface area contributed by atoms with Gasteiger partial charge in [0.2, 0.25) is 6.79 Å². The van der Waals surface area contributed by atoms with Gasteiger partial charge < -0.3 is 18.9 Å². The zero-order chi connectivity index (χ0) is 24.9. The average molecular weight is 475 g/mol. The fraction of sp³-hybridized carbons (Fsp3) is 0.200. The molecule has 0 saturated carbocycles. The van der Waals surface area contributed by atoms with Crippen LogP contribution in [0.4, 0.5) is 10.5 Å². The van der Waals surface area contributed by atoms with Gasteiger partial charge in [-0.2, -0.15) is 5.26 Å². The second-order valence-electron chi connectivity index (χ2n) is 7.38. The molecule has 0 unspecified atom stereocenters. The van der Waals surface area contributed by atoms with Crippen LogP contribution >= 0.6 is 0 Å². The molecule has 0 bridgehead atoms. The van der Waals surface area contributed by atoms with Crippen LogP contribution < -0.4 is 29.2 Å². The molecule has 4 amide bonds. The predicted molar refractivity (Wildman–Crippen MR) is 124 cm³/mol. The minimum atomic E-state index is -0.876. The number of hydrogen-bond acceptors (Lipinski definition) is 8. The lowest BCUT2D eigenvalue weighted by Crippen LogP contribution is -2.54. The molecular weight excluding hydrogens is 454 g/mol. The molecule has 2 aromatic rings. The number of nitriles is 1. The quantitative estimate of drug-likeness (QED) is 0.351. The number of urea groups is 1. The maximum atomic E-state index is 13.3. The molecule has 2 aliphatic heterocycles. The molecule has 1 saturated heterocycles. The fourth-order valence-corrected chi connectivity index (χ4v) is 3.69. The molecule has 0 aromatic heterocycles. The molecule has 2 aromatic carbocycles. The Morgan fingerprint density at radius 3 is 2.71 bits per heavy atom. The largest absolute Gasteiger partial charge is 0.490 e. The van der Waals surface area contributed by atoms with E-state index in [1.54, 1.807) is 31.2 Å². The van der Waals surface area contributed by atoms with E-state index >= 15 is 0 Å². The molecule has 0 atom stereocenters. The van der Waals surface area contributed by atoms with E-state index in [0.717, 1.165) is 4.90 Å². The smallest absolute Gasteiger partial charge is 0.335 e. The number of fused-ring (bicyclic) bond motifs is 1. The SMILES string of the molecule is C=CCc1cc(/C=C2\C(=O)NC(=O)N(c3ccc4c(c3)OCO4)C2=O)cc(OCC)c1OCC#N. The molecular formula is C25H21N3O7. The van der Waals surface area contributed by atoms with E-state index in [1.165, 1.54) is 18.2 Å². The van der Waals surface area contributed by atoms with Gasteiger partial charge in [0.15, 0.2) is 29.6 Å². The first-order chi connectivity index (χ1) is 17.0. The summed E-state index contributed by atoms with van der Waals surface area (Å²) in [6, 6.07) is 8.93.